The minimum atomic E-state index is 0.610. The summed E-state index contributed by atoms with van der Waals surface area (Å²) in [6, 6.07) is 8.89. The van der Waals surface area contributed by atoms with E-state index in [-0.39, 0.29) is 0 Å². The van der Waals surface area contributed by atoms with E-state index in [1.807, 2.05) is 6.07 Å². The number of anilines is 1. The van der Waals surface area contributed by atoms with Crippen LogP contribution in [0.5, 0.6) is 0 Å². The van der Waals surface area contributed by atoms with E-state index >= 15 is 0 Å². The maximum atomic E-state index is 4.54. The number of hydrogen-bond donors (Lipinski definition) is 1. The van der Waals surface area contributed by atoms with Crippen molar-refractivity contribution in [1.82, 2.24) is 15.3 Å². The van der Waals surface area contributed by atoms with Crippen LogP contribution in [0.4, 0.5) is 5.82 Å². The molecule has 1 aromatic heterocycles. The van der Waals surface area contributed by atoms with E-state index in [2.05, 4.69) is 52.2 Å². The predicted molar refractivity (Wildman–Crippen MR) is 87.6 cm³/mol. The number of fused-ring (bicyclic) bond motifs is 1. The quantitative estimate of drug-likeness (QED) is 0.937. The van der Waals surface area contributed by atoms with Gasteiger partial charge in [0, 0.05) is 24.5 Å². The Bertz CT molecular complexity index is 585. The van der Waals surface area contributed by atoms with Gasteiger partial charge in [-0.15, -0.1) is 0 Å². The van der Waals surface area contributed by atoms with Gasteiger partial charge in [-0.3, -0.25) is 0 Å². The number of nitrogens with zero attached hydrogens (tertiary/aromatic N) is 3. The number of aromatic nitrogens is 2. The van der Waals surface area contributed by atoms with Crippen LogP contribution in [0.1, 0.15) is 26.7 Å². The summed E-state index contributed by atoms with van der Waals surface area (Å²) in [5.41, 5.74) is 1.03. The lowest BCUT2D eigenvalue weighted by molar-refractivity contribution is 0.314. The number of para-hydroxylation sites is 1. The third-order valence-electron chi connectivity index (χ3n) is 4.59. The van der Waals surface area contributed by atoms with Gasteiger partial charge < -0.3 is 10.2 Å². The molecular formula is C17H24N4. The van der Waals surface area contributed by atoms with Gasteiger partial charge in [0.15, 0.2) is 0 Å². The second-order valence-electron chi connectivity index (χ2n) is 5.89. The van der Waals surface area contributed by atoms with Gasteiger partial charge in [-0.25, -0.2) is 9.97 Å². The summed E-state index contributed by atoms with van der Waals surface area (Å²) in [7, 11) is 0. The zero-order chi connectivity index (χ0) is 14.7. The molecule has 4 heteroatoms. The van der Waals surface area contributed by atoms with Crippen LogP contribution < -0.4 is 10.2 Å². The smallest absolute Gasteiger partial charge is 0.139 e. The molecule has 1 saturated heterocycles. The van der Waals surface area contributed by atoms with Gasteiger partial charge in [-0.05, 0) is 44.4 Å². The minimum Gasteiger partial charge on any atom is -0.356 e. The SMILES string of the molecule is CCNC(C)C1CCN(c2ncnc3ccccc23)CC1. The maximum absolute atomic E-state index is 4.54. The first-order valence-corrected chi connectivity index (χ1v) is 7.97. The second kappa shape index (κ2) is 6.39. The molecule has 21 heavy (non-hydrogen) atoms. The Balaban J connectivity index is 1.74. The molecule has 1 aliphatic heterocycles. The Kier molecular flexibility index (Phi) is 4.34. The maximum Gasteiger partial charge on any atom is 0.139 e. The zero-order valence-electron chi connectivity index (χ0n) is 12.9. The molecule has 0 aliphatic carbocycles. The molecule has 0 bridgehead atoms. The first-order valence-electron chi connectivity index (χ1n) is 7.97. The van der Waals surface area contributed by atoms with Crippen LogP contribution >= 0.6 is 0 Å². The molecule has 2 heterocycles. The standard InChI is InChI=1S/C17H24N4/c1-3-18-13(2)14-8-10-21(11-9-14)17-15-6-4-5-7-16(15)19-12-20-17/h4-7,12-14,18H,3,8-11H2,1-2H3. The van der Waals surface area contributed by atoms with Crippen molar-refractivity contribution < 1.29 is 0 Å². The van der Waals surface area contributed by atoms with Gasteiger partial charge >= 0.3 is 0 Å². The summed E-state index contributed by atoms with van der Waals surface area (Å²) in [5, 5.41) is 4.72. The van der Waals surface area contributed by atoms with Crippen molar-refractivity contribution in [2.24, 2.45) is 5.92 Å². The normalized spacial score (nSPS) is 18.1. The van der Waals surface area contributed by atoms with Gasteiger partial charge in [0.2, 0.25) is 0 Å². The van der Waals surface area contributed by atoms with Gasteiger partial charge in [-0.2, -0.15) is 0 Å². The molecule has 1 N–H and O–H groups in total. The summed E-state index contributed by atoms with van der Waals surface area (Å²) < 4.78 is 0. The van der Waals surface area contributed by atoms with Gasteiger partial charge in [0.25, 0.3) is 0 Å². The van der Waals surface area contributed by atoms with Crippen molar-refractivity contribution >= 4 is 16.7 Å². The summed E-state index contributed by atoms with van der Waals surface area (Å²) in [6.07, 6.45) is 4.14. The molecule has 1 aliphatic rings. The number of benzene rings is 1. The van der Waals surface area contributed by atoms with Crippen molar-refractivity contribution in [3.8, 4) is 0 Å². The summed E-state index contributed by atoms with van der Waals surface area (Å²) in [6.45, 7) is 7.71. The lowest BCUT2D eigenvalue weighted by Gasteiger charge is -2.36. The molecule has 1 atom stereocenters. The highest BCUT2D eigenvalue weighted by Gasteiger charge is 2.24. The first kappa shape index (κ1) is 14.3. The van der Waals surface area contributed by atoms with Crippen LogP contribution in [0.3, 0.4) is 0 Å². The third kappa shape index (κ3) is 3.00. The van der Waals surface area contributed by atoms with Crippen LogP contribution in [0.2, 0.25) is 0 Å². The van der Waals surface area contributed by atoms with E-state index in [1.54, 1.807) is 6.33 Å². The fourth-order valence-corrected chi connectivity index (χ4v) is 3.34. The Morgan fingerprint density at radius 1 is 1.24 bits per heavy atom. The average molecular weight is 284 g/mol. The molecule has 0 radical (unpaired) electrons. The fourth-order valence-electron chi connectivity index (χ4n) is 3.34. The summed E-state index contributed by atoms with van der Waals surface area (Å²) in [4.78, 5) is 11.3. The van der Waals surface area contributed by atoms with Crippen LogP contribution in [-0.2, 0) is 0 Å². The molecular weight excluding hydrogens is 260 g/mol. The van der Waals surface area contributed by atoms with Crippen molar-refractivity contribution in [2.45, 2.75) is 32.7 Å². The number of rotatable bonds is 4. The Morgan fingerprint density at radius 3 is 2.76 bits per heavy atom. The summed E-state index contributed by atoms with van der Waals surface area (Å²) >= 11 is 0. The molecule has 2 aromatic rings. The van der Waals surface area contributed by atoms with Crippen LogP contribution in [-0.4, -0.2) is 35.6 Å². The molecule has 1 aromatic carbocycles. The minimum absolute atomic E-state index is 0.610. The van der Waals surface area contributed by atoms with Crippen molar-refractivity contribution in [1.29, 1.82) is 0 Å². The molecule has 3 rings (SSSR count). The fraction of sp³-hybridized carbons (Fsp3) is 0.529. The number of piperidine rings is 1. The number of nitrogens with one attached hydrogen (secondary N) is 1. The lowest BCUT2D eigenvalue weighted by atomic mass is 9.90. The molecule has 0 spiro atoms. The molecule has 1 fully saturated rings. The van der Waals surface area contributed by atoms with Gasteiger partial charge in [0.05, 0.1) is 5.52 Å². The van der Waals surface area contributed by atoms with Gasteiger partial charge in [-0.1, -0.05) is 19.1 Å². The predicted octanol–water partition coefficient (Wildman–Crippen LogP) is 2.84. The van der Waals surface area contributed by atoms with E-state index in [0.717, 1.165) is 42.3 Å². The Hall–Kier alpha value is -1.68. The molecule has 4 nitrogen and oxygen atoms in total. The van der Waals surface area contributed by atoms with Crippen molar-refractivity contribution in [2.75, 3.05) is 24.5 Å². The third-order valence-corrected chi connectivity index (χ3v) is 4.59. The molecule has 0 saturated carbocycles. The van der Waals surface area contributed by atoms with Crippen LogP contribution in [0, 0.1) is 5.92 Å². The van der Waals surface area contributed by atoms with E-state index in [4.69, 9.17) is 0 Å². The average Bonchev–Trinajstić information content (AvgIpc) is 2.55. The second-order valence-corrected chi connectivity index (χ2v) is 5.89. The zero-order valence-corrected chi connectivity index (χ0v) is 12.9. The van der Waals surface area contributed by atoms with E-state index in [9.17, 15) is 0 Å². The first-order chi connectivity index (χ1) is 10.3. The molecule has 112 valence electrons. The van der Waals surface area contributed by atoms with E-state index < -0.39 is 0 Å². The number of hydrogen-bond acceptors (Lipinski definition) is 4. The van der Waals surface area contributed by atoms with Crippen LogP contribution in [0.25, 0.3) is 10.9 Å². The highest BCUT2D eigenvalue weighted by atomic mass is 15.2. The van der Waals surface area contributed by atoms with E-state index in [1.165, 1.54) is 12.8 Å². The van der Waals surface area contributed by atoms with Crippen molar-refractivity contribution in [3.63, 3.8) is 0 Å². The summed E-state index contributed by atoms with van der Waals surface area (Å²) in [5.74, 6) is 1.87. The molecule has 0 amide bonds. The Morgan fingerprint density at radius 2 is 2.00 bits per heavy atom. The van der Waals surface area contributed by atoms with Crippen molar-refractivity contribution in [3.05, 3.63) is 30.6 Å². The van der Waals surface area contributed by atoms with E-state index in [0.29, 0.717) is 6.04 Å². The topological polar surface area (TPSA) is 41.0 Å². The van der Waals surface area contributed by atoms with Gasteiger partial charge in [0.1, 0.15) is 12.1 Å². The lowest BCUT2D eigenvalue weighted by Crippen LogP contribution is -2.42. The van der Waals surface area contributed by atoms with Crippen LogP contribution in [0.15, 0.2) is 30.6 Å². The highest BCUT2D eigenvalue weighted by Crippen LogP contribution is 2.28. The Labute approximate surface area is 126 Å². The largest absolute Gasteiger partial charge is 0.356 e. The molecule has 1 unspecified atom stereocenters. The highest BCUT2D eigenvalue weighted by molar-refractivity contribution is 5.89. The monoisotopic (exact) mass is 284 g/mol.